The van der Waals surface area contributed by atoms with Crippen LogP contribution in [0.2, 0.25) is 0 Å². The van der Waals surface area contributed by atoms with Crippen LogP contribution in [0.5, 0.6) is 0 Å². The molecule has 0 unspecified atom stereocenters. The van der Waals surface area contributed by atoms with Crippen molar-refractivity contribution in [2.45, 2.75) is 58.0 Å². The Kier molecular flexibility index (Phi) is 5.64. The average Bonchev–Trinajstić information content (AvgIpc) is 2.61. The van der Waals surface area contributed by atoms with Crippen LogP contribution < -0.4 is 10.9 Å². The molecule has 25 heavy (non-hydrogen) atoms. The van der Waals surface area contributed by atoms with Gasteiger partial charge in [0, 0.05) is 12.1 Å². The molecule has 0 spiro atoms. The molecule has 1 aromatic heterocycles. The molecule has 3 rings (SSSR count). The summed E-state index contributed by atoms with van der Waals surface area (Å²) >= 11 is 0. The summed E-state index contributed by atoms with van der Waals surface area (Å²) in [5.74, 6) is -0.161. The predicted molar refractivity (Wildman–Crippen MR) is 97.5 cm³/mol. The van der Waals surface area contributed by atoms with E-state index >= 15 is 0 Å². The molecule has 0 radical (unpaired) electrons. The Labute approximate surface area is 148 Å². The quantitative estimate of drug-likeness (QED) is 0.878. The lowest BCUT2D eigenvalue weighted by Gasteiger charge is -2.17. The van der Waals surface area contributed by atoms with Gasteiger partial charge in [0.25, 0.3) is 5.56 Å². The third kappa shape index (κ3) is 4.78. The maximum Gasteiger partial charge on any atom is 0.267 e. The van der Waals surface area contributed by atoms with Crippen LogP contribution in [0.1, 0.15) is 43.0 Å². The largest absolute Gasteiger partial charge is 0.352 e. The number of nitrogens with zero attached hydrogens (tertiary/aromatic N) is 2. The van der Waals surface area contributed by atoms with Crippen molar-refractivity contribution in [3.05, 3.63) is 63.6 Å². The van der Waals surface area contributed by atoms with Gasteiger partial charge in [-0.2, -0.15) is 5.10 Å². The Hall–Kier alpha value is -2.43. The summed E-state index contributed by atoms with van der Waals surface area (Å²) < 4.78 is 1.30. The molecule has 2 aromatic rings. The van der Waals surface area contributed by atoms with Crippen LogP contribution in [-0.2, 0) is 30.6 Å². The molecular weight excluding hydrogens is 314 g/mol. The minimum absolute atomic E-state index is 0.0121. The molecule has 5 nitrogen and oxygen atoms in total. The number of carbonyl (C=O) groups is 1. The summed E-state index contributed by atoms with van der Waals surface area (Å²) in [7, 11) is 0. The van der Waals surface area contributed by atoms with Gasteiger partial charge in [0.1, 0.15) is 6.54 Å². The van der Waals surface area contributed by atoms with Gasteiger partial charge in [-0.25, -0.2) is 4.68 Å². The molecule has 5 heteroatoms. The second kappa shape index (κ2) is 8.10. The number of benzene rings is 1. The molecule has 1 aromatic carbocycles. The molecule has 0 aliphatic heterocycles. The van der Waals surface area contributed by atoms with Crippen molar-refractivity contribution in [1.29, 1.82) is 0 Å². The number of nitrogens with one attached hydrogen (secondary N) is 1. The zero-order valence-corrected chi connectivity index (χ0v) is 14.7. The Morgan fingerprint density at radius 3 is 2.80 bits per heavy atom. The van der Waals surface area contributed by atoms with E-state index in [4.69, 9.17) is 0 Å². The lowest BCUT2D eigenvalue weighted by molar-refractivity contribution is -0.122. The standard InChI is InChI=1S/C20H25N3O2/c1-15(11-12-16-7-3-2-4-8-16)21-19(24)14-23-20(25)13-17-9-5-6-10-18(17)22-23/h2-4,7-8,13,15H,5-6,9-12,14H2,1H3,(H,21,24)/t15-/m0/s1. The molecule has 0 saturated heterocycles. The normalized spacial score (nSPS) is 14.6. The summed E-state index contributed by atoms with van der Waals surface area (Å²) in [5.41, 5.74) is 3.09. The highest BCUT2D eigenvalue weighted by Gasteiger charge is 2.15. The van der Waals surface area contributed by atoms with Crippen molar-refractivity contribution >= 4 is 5.91 Å². The van der Waals surface area contributed by atoms with Gasteiger partial charge in [0.2, 0.25) is 5.91 Å². The molecule has 0 bridgehead atoms. The van der Waals surface area contributed by atoms with E-state index in [9.17, 15) is 9.59 Å². The first-order valence-electron chi connectivity index (χ1n) is 9.05. The van der Waals surface area contributed by atoms with Crippen molar-refractivity contribution in [2.24, 2.45) is 0 Å². The number of aryl methyl sites for hydroxylation is 3. The van der Waals surface area contributed by atoms with Gasteiger partial charge in [-0.1, -0.05) is 30.3 Å². The summed E-state index contributed by atoms with van der Waals surface area (Å²) in [6.45, 7) is 1.98. The van der Waals surface area contributed by atoms with E-state index in [2.05, 4.69) is 22.5 Å². The molecule has 0 fully saturated rings. The third-order valence-electron chi connectivity index (χ3n) is 4.68. The fourth-order valence-electron chi connectivity index (χ4n) is 3.27. The van der Waals surface area contributed by atoms with Gasteiger partial charge in [-0.05, 0) is 56.6 Å². The summed E-state index contributed by atoms with van der Waals surface area (Å²) in [4.78, 5) is 24.4. The van der Waals surface area contributed by atoms with Gasteiger partial charge >= 0.3 is 0 Å². The smallest absolute Gasteiger partial charge is 0.267 e. The van der Waals surface area contributed by atoms with Crippen LogP contribution in [0.25, 0.3) is 0 Å². The Balaban J connectivity index is 1.54. The van der Waals surface area contributed by atoms with E-state index in [-0.39, 0.29) is 24.1 Å². The van der Waals surface area contributed by atoms with Crippen LogP contribution in [0.15, 0.2) is 41.2 Å². The van der Waals surface area contributed by atoms with Crippen molar-refractivity contribution in [3.8, 4) is 0 Å². The van der Waals surface area contributed by atoms with Crippen LogP contribution in [0.3, 0.4) is 0 Å². The van der Waals surface area contributed by atoms with Gasteiger partial charge in [0.05, 0.1) is 5.69 Å². The van der Waals surface area contributed by atoms with Crippen LogP contribution in [0, 0.1) is 0 Å². The maximum absolute atomic E-state index is 12.2. The average molecular weight is 339 g/mol. The zero-order valence-electron chi connectivity index (χ0n) is 14.7. The third-order valence-corrected chi connectivity index (χ3v) is 4.68. The Bertz CT molecular complexity index is 783. The number of fused-ring (bicyclic) bond motifs is 1. The number of aromatic nitrogens is 2. The number of carbonyl (C=O) groups excluding carboxylic acids is 1. The van der Waals surface area contributed by atoms with Crippen LogP contribution in [0.4, 0.5) is 0 Å². The van der Waals surface area contributed by atoms with Crippen LogP contribution >= 0.6 is 0 Å². The van der Waals surface area contributed by atoms with E-state index in [1.54, 1.807) is 6.07 Å². The zero-order chi connectivity index (χ0) is 17.6. The predicted octanol–water partition coefficient (Wildman–Crippen LogP) is 2.26. The Morgan fingerprint density at radius 2 is 2.00 bits per heavy atom. The molecule has 1 N–H and O–H groups in total. The summed E-state index contributed by atoms with van der Waals surface area (Å²) in [6.07, 6.45) is 5.80. The molecule has 0 saturated carbocycles. The molecule has 1 aliphatic rings. The van der Waals surface area contributed by atoms with E-state index in [1.165, 1.54) is 10.2 Å². The second-order valence-electron chi connectivity index (χ2n) is 6.81. The molecular formula is C20H25N3O2. The van der Waals surface area contributed by atoms with E-state index in [0.717, 1.165) is 49.8 Å². The summed E-state index contributed by atoms with van der Waals surface area (Å²) in [6, 6.07) is 11.9. The van der Waals surface area contributed by atoms with Crippen LogP contribution in [-0.4, -0.2) is 21.7 Å². The first-order valence-corrected chi connectivity index (χ1v) is 9.05. The minimum Gasteiger partial charge on any atom is -0.352 e. The van der Waals surface area contributed by atoms with Crippen molar-refractivity contribution < 1.29 is 4.79 Å². The van der Waals surface area contributed by atoms with Gasteiger partial charge in [-0.3, -0.25) is 9.59 Å². The molecule has 1 aliphatic carbocycles. The van der Waals surface area contributed by atoms with E-state index in [1.807, 2.05) is 25.1 Å². The number of rotatable bonds is 6. The van der Waals surface area contributed by atoms with Gasteiger partial charge in [-0.15, -0.1) is 0 Å². The van der Waals surface area contributed by atoms with Crippen molar-refractivity contribution in [3.63, 3.8) is 0 Å². The molecule has 132 valence electrons. The van der Waals surface area contributed by atoms with Gasteiger partial charge in [0.15, 0.2) is 0 Å². The fraction of sp³-hybridized carbons (Fsp3) is 0.450. The minimum atomic E-state index is -0.187. The monoisotopic (exact) mass is 339 g/mol. The SMILES string of the molecule is C[C@@H](CCc1ccccc1)NC(=O)Cn1nc2c(cc1=O)CCCC2. The first kappa shape index (κ1) is 17.4. The number of hydrogen-bond acceptors (Lipinski definition) is 3. The van der Waals surface area contributed by atoms with E-state index < -0.39 is 0 Å². The second-order valence-corrected chi connectivity index (χ2v) is 6.81. The Morgan fingerprint density at radius 1 is 1.24 bits per heavy atom. The molecule has 1 amide bonds. The summed E-state index contributed by atoms with van der Waals surface area (Å²) in [5, 5.41) is 7.36. The van der Waals surface area contributed by atoms with Crippen molar-refractivity contribution in [1.82, 2.24) is 15.1 Å². The number of amides is 1. The van der Waals surface area contributed by atoms with Gasteiger partial charge < -0.3 is 5.32 Å². The first-order chi connectivity index (χ1) is 12.1. The van der Waals surface area contributed by atoms with E-state index in [0.29, 0.717) is 0 Å². The lowest BCUT2D eigenvalue weighted by Crippen LogP contribution is -2.39. The molecule has 1 atom stereocenters. The van der Waals surface area contributed by atoms with Crippen molar-refractivity contribution in [2.75, 3.05) is 0 Å². The lowest BCUT2D eigenvalue weighted by atomic mass is 9.97. The topological polar surface area (TPSA) is 64.0 Å². The maximum atomic E-state index is 12.2. The highest BCUT2D eigenvalue weighted by atomic mass is 16.2. The highest BCUT2D eigenvalue weighted by Crippen LogP contribution is 2.16. The number of hydrogen-bond donors (Lipinski definition) is 1. The molecule has 1 heterocycles. The highest BCUT2D eigenvalue weighted by molar-refractivity contribution is 5.75. The fourth-order valence-corrected chi connectivity index (χ4v) is 3.27.